The molecule has 6 heteroatoms. The average Bonchev–Trinajstić information content (AvgIpc) is 3.17. The van der Waals surface area contributed by atoms with E-state index in [-0.39, 0.29) is 23.7 Å². The van der Waals surface area contributed by atoms with E-state index in [1.54, 1.807) is 18.2 Å². The maximum atomic E-state index is 13.1. The largest absolute Gasteiger partial charge is 0.492 e. The molecule has 0 saturated carbocycles. The Morgan fingerprint density at radius 2 is 2.08 bits per heavy atom. The third kappa shape index (κ3) is 2.10. The monoisotopic (exact) mass is 341 g/mol. The van der Waals surface area contributed by atoms with Crippen LogP contribution in [-0.2, 0) is 14.3 Å². The number of carbonyl (C=O) groups is 3. The number of hydrogen-bond acceptors (Lipinski definition) is 5. The summed E-state index contributed by atoms with van der Waals surface area (Å²) in [6.07, 6.45) is 3.34. The molecule has 1 aromatic rings. The van der Waals surface area contributed by atoms with Crippen LogP contribution in [0.3, 0.4) is 0 Å². The van der Waals surface area contributed by atoms with Crippen molar-refractivity contribution in [2.75, 3.05) is 11.5 Å². The second kappa shape index (κ2) is 5.26. The van der Waals surface area contributed by atoms with Crippen molar-refractivity contribution in [2.45, 2.75) is 32.5 Å². The van der Waals surface area contributed by atoms with Crippen molar-refractivity contribution in [3.05, 3.63) is 35.9 Å². The molecule has 2 bridgehead atoms. The van der Waals surface area contributed by atoms with Crippen molar-refractivity contribution in [1.29, 1.82) is 0 Å². The van der Waals surface area contributed by atoms with E-state index in [0.29, 0.717) is 23.6 Å². The number of anilines is 1. The summed E-state index contributed by atoms with van der Waals surface area (Å²) < 4.78 is 11.4. The van der Waals surface area contributed by atoms with E-state index in [1.807, 2.05) is 26.0 Å². The Balaban J connectivity index is 1.80. The molecule has 0 aliphatic carbocycles. The number of carbonyl (C=O) groups excluding carboxylic acids is 3. The van der Waals surface area contributed by atoms with Crippen molar-refractivity contribution in [1.82, 2.24) is 0 Å². The highest BCUT2D eigenvalue weighted by molar-refractivity contribution is 6.24. The first kappa shape index (κ1) is 16.0. The van der Waals surface area contributed by atoms with Gasteiger partial charge < -0.3 is 9.47 Å². The van der Waals surface area contributed by atoms with E-state index in [9.17, 15) is 14.4 Å². The van der Waals surface area contributed by atoms with Gasteiger partial charge in [0.2, 0.25) is 11.8 Å². The number of hydrogen-bond donors (Lipinski definition) is 0. The molecule has 2 fully saturated rings. The van der Waals surface area contributed by atoms with Gasteiger partial charge >= 0.3 is 0 Å². The van der Waals surface area contributed by atoms with Crippen LogP contribution in [0.15, 0.2) is 30.4 Å². The Morgan fingerprint density at radius 1 is 1.32 bits per heavy atom. The van der Waals surface area contributed by atoms with Crippen LogP contribution in [0.1, 0.15) is 31.1 Å². The average molecular weight is 341 g/mol. The second-order valence-electron chi connectivity index (χ2n) is 6.81. The van der Waals surface area contributed by atoms with Gasteiger partial charge in [-0.1, -0.05) is 12.2 Å². The lowest BCUT2D eigenvalue weighted by molar-refractivity contribution is -0.126. The van der Waals surface area contributed by atoms with Gasteiger partial charge in [-0.05, 0) is 39.0 Å². The minimum Gasteiger partial charge on any atom is -0.492 e. The van der Waals surface area contributed by atoms with Gasteiger partial charge in [0.05, 0.1) is 35.8 Å². The SMILES string of the molecule is CCOc1ccc(C(C)=O)cc1N1C(=O)[C@H]2[C@@H](C1=O)[C@@]1(C)C=C[C@H]2O1. The minimum absolute atomic E-state index is 0.138. The summed E-state index contributed by atoms with van der Waals surface area (Å²) in [5.74, 6) is -1.37. The number of rotatable bonds is 4. The van der Waals surface area contributed by atoms with Crippen molar-refractivity contribution >= 4 is 23.3 Å². The molecule has 4 rings (SSSR count). The van der Waals surface area contributed by atoms with Gasteiger partial charge in [0.1, 0.15) is 5.75 Å². The van der Waals surface area contributed by atoms with Crippen molar-refractivity contribution < 1.29 is 23.9 Å². The van der Waals surface area contributed by atoms with Gasteiger partial charge in [-0.25, -0.2) is 4.90 Å². The molecule has 0 unspecified atom stereocenters. The molecule has 6 nitrogen and oxygen atoms in total. The van der Waals surface area contributed by atoms with E-state index in [2.05, 4.69) is 0 Å². The number of benzene rings is 1. The fraction of sp³-hybridized carbons (Fsp3) is 0.421. The Hall–Kier alpha value is -2.47. The molecule has 2 amide bonds. The Bertz CT molecular complexity index is 829. The Morgan fingerprint density at radius 3 is 2.72 bits per heavy atom. The van der Waals surface area contributed by atoms with Gasteiger partial charge in [0, 0.05) is 5.56 Å². The molecule has 0 aromatic heterocycles. The number of imide groups is 1. The molecule has 25 heavy (non-hydrogen) atoms. The molecule has 3 aliphatic heterocycles. The Labute approximate surface area is 145 Å². The first-order valence-corrected chi connectivity index (χ1v) is 8.40. The summed E-state index contributed by atoms with van der Waals surface area (Å²) in [4.78, 5) is 39.0. The number of amides is 2. The smallest absolute Gasteiger partial charge is 0.241 e. The lowest BCUT2D eigenvalue weighted by atomic mass is 9.78. The number of fused-ring (bicyclic) bond motifs is 5. The van der Waals surface area contributed by atoms with Crippen LogP contribution in [0.25, 0.3) is 0 Å². The van der Waals surface area contributed by atoms with Gasteiger partial charge in [-0.3, -0.25) is 14.4 Å². The first-order valence-electron chi connectivity index (χ1n) is 8.40. The summed E-state index contributed by atoms with van der Waals surface area (Å²) >= 11 is 0. The highest BCUT2D eigenvalue weighted by atomic mass is 16.5. The molecule has 130 valence electrons. The molecule has 3 heterocycles. The van der Waals surface area contributed by atoms with E-state index in [1.165, 1.54) is 11.8 Å². The van der Waals surface area contributed by atoms with E-state index in [0.717, 1.165) is 0 Å². The summed E-state index contributed by atoms with van der Waals surface area (Å²) in [7, 11) is 0. The standard InChI is InChI=1S/C19H19NO5/c1-4-24-13-6-5-11(10(2)21)9-12(13)20-17(22)15-14-7-8-19(3,25-14)16(15)18(20)23/h5-9,14-16H,4H2,1-3H3/t14-,15-,16+,19-/m1/s1. The molecule has 3 aliphatic rings. The van der Waals surface area contributed by atoms with E-state index < -0.39 is 17.4 Å². The molecule has 4 atom stereocenters. The van der Waals surface area contributed by atoms with Crippen LogP contribution in [0.4, 0.5) is 5.69 Å². The zero-order chi connectivity index (χ0) is 17.9. The van der Waals surface area contributed by atoms with Crippen molar-refractivity contribution in [3.63, 3.8) is 0 Å². The molecule has 1 aromatic carbocycles. The van der Waals surface area contributed by atoms with Gasteiger partial charge in [0.25, 0.3) is 0 Å². The number of ether oxygens (including phenoxy) is 2. The predicted octanol–water partition coefficient (Wildman–Crippen LogP) is 2.12. The van der Waals surface area contributed by atoms with Gasteiger partial charge in [0.15, 0.2) is 5.78 Å². The first-order chi connectivity index (χ1) is 11.9. The zero-order valence-electron chi connectivity index (χ0n) is 14.3. The lowest BCUT2D eigenvalue weighted by Crippen LogP contribution is -2.38. The number of ketones is 1. The maximum absolute atomic E-state index is 13.1. The molecule has 2 saturated heterocycles. The quantitative estimate of drug-likeness (QED) is 0.476. The molecule has 0 N–H and O–H groups in total. The maximum Gasteiger partial charge on any atom is 0.241 e. The minimum atomic E-state index is -0.749. The van der Waals surface area contributed by atoms with Crippen LogP contribution in [-0.4, -0.2) is 35.9 Å². The van der Waals surface area contributed by atoms with Crippen molar-refractivity contribution in [2.24, 2.45) is 11.8 Å². The lowest BCUT2D eigenvalue weighted by Gasteiger charge is -2.25. The van der Waals surface area contributed by atoms with E-state index >= 15 is 0 Å². The van der Waals surface area contributed by atoms with Crippen molar-refractivity contribution in [3.8, 4) is 5.75 Å². The van der Waals surface area contributed by atoms with Crippen LogP contribution in [0.2, 0.25) is 0 Å². The fourth-order valence-corrected chi connectivity index (χ4v) is 4.08. The predicted molar refractivity (Wildman–Crippen MR) is 89.5 cm³/mol. The summed E-state index contributed by atoms with van der Waals surface area (Å²) in [5.41, 5.74) is 0.0162. The van der Waals surface area contributed by atoms with Gasteiger partial charge in [-0.2, -0.15) is 0 Å². The highest BCUT2D eigenvalue weighted by Crippen LogP contribution is 2.53. The third-order valence-electron chi connectivity index (χ3n) is 5.24. The second-order valence-corrected chi connectivity index (χ2v) is 6.81. The van der Waals surface area contributed by atoms with Gasteiger partial charge in [-0.15, -0.1) is 0 Å². The Kier molecular flexibility index (Phi) is 3.37. The summed E-state index contributed by atoms with van der Waals surface area (Å²) in [5, 5.41) is 0. The normalized spacial score (nSPS) is 32.4. The number of Topliss-reactive ketones (excluding diaryl/α,β-unsaturated/α-hetero) is 1. The molecule has 0 spiro atoms. The highest BCUT2D eigenvalue weighted by Gasteiger charge is 2.66. The zero-order valence-corrected chi connectivity index (χ0v) is 14.3. The molecular weight excluding hydrogens is 322 g/mol. The van der Waals surface area contributed by atoms with Crippen LogP contribution in [0.5, 0.6) is 5.75 Å². The summed E-state index contributed by atoms with van der Waals surface area (Å²) in [6, 6.07) is 4.83. The van der Waals surface area contributed by atoms with E-state index in [4.69, 9.17) is 9.47 Å². The topological polar surface area (TPSA) is 72.9 Å². The fourth-order valence-electron chi connectivity index (χ4n) is 4.08. The third-order valence-corrected chi connectivity index (χ3v) is 5.24. The van der Waals surface area contributed by atoms with Crippen LogP contribution in [0, 0.1) is 11.8 Å². The molecule has 0 radical (unpaired) electrons. The molecular formula is C19H19NO5. The number of nitrogens with zero attached hydrogens (tertiary/aromatic N) is 1. The van der Waals surface area contributed by atoms with Crippen LogP contribution >= 0.6 is 0 Å². The van der Waals surface area contributed by atoms with Crippen LogP contribution < -0.4 is 9.64 Å². The summed E-state index contributed by atoms with van der Waals surface area (Å²) in [6.45, 7) is 5.49.